The number of nitrogens with zero attached hydrogens (tertiary/aromatic N) is 1. The van der Waals surface area contributed by atoms with E-state index in [-0.39, 0.29) is 5.97 Å². The molecule has 0 radical (unpaired) electrons. The van der Waals surface area contributed by atoms with Crippen LogP contribution in [0, 0.1) is 12.8 Å². The predicted molar refractivity (Wildman–Crippen MR) is 69.2 cm³/mol. The molecule has 0 aliphatic heterocycles. The highest BCUT2D eigenvalue weighted by Crippen LogP contribution is 2.17. The molecule has 0 aliphatic carbocycles. The average Bonchev–Trinajstić information content (AvgIpc) is 2.67. The van der Waals surface area contributed by atoms with E-state index in [2.05, 4.69) is 13.8 Å². The number of aryl methyl sites for hydroxylation is 1. The molecule has 96 valence electrons. The monoisotopic (exact) mass is 237 g/mol. The number of hydrogen-bond acceptors (Lipinski definition) is 2. The Morgan fingerprint density at radius 1 is 1.35 bits per heavy atom. The van der Waals surface area contributed by atoms with Crippen molar-refractivity contribution < 1.29 is 9.53 Å². The smallest absolute Gasteiger partial charge is 0.355 e. The fourth-order valence-corrected chi connectivity index (χ4v) is 2.04. The minimum absolute atomic E-state index is 0.207. The first-order valence-corrected chi connectivity index (χ1v) is 6.46. The van der Waals surface area contributed by atoms with Crippen LogP contribution in [0.3, 0.4) is 0 Å². The van der Waals surface area contributed by atoms with Crippen molar-refractivity contribution in [1.29, 1.82) is 0 Å². The van der Waals surface area contributed by atoms with Crippen LogP contribution in [0.1, 0.15) is 49.7 Å². The average molecular weight is 237 g/mol. The summed E-state index contributed by atoms with van der Waals surface area (Å²) < 4.78 is 7.13. The molecule has 0 atom stereocenters. The highest BCUT2D eigenvalue weighted by Gasteiger charge is 2.17. The summed E-state index contributed by atoms with van der Waals surface area (Å²) in [5.74, 6) is 0.413. The lowest BCUT2D eigenvalue weighted by molar-refractivity contribution is 0.0511. The van der Waals surface area contributed by atoms with Gasteiger partial charge in [0.2, 0.25) is 0 Å². The molecule has 1 aromatic heterocycles. The zero-order chi connectivity index (χ0) is 12.8. The summed E-state index contributed by atoms with van der Waals surface area (Å²) in [6.45, 7) is 9.49. The summed E-state index contributed by atoms with van der Waals surface area (Å²) >= 11 is 0. The Labute approximate surface area is 104 Å². The molecule has 3 nitrogen and oxygen atoms in total. The van der Waals surface area contributed by atoms with E-state index >= 15 is 0 Å². The van der Waals surface area contributed by atoms with Gasteiger partial charge in [-0.1, -0.05) is 26.7 Å². The van der Waals surface area contributed by atoms with E-state index in [1.807, 2.05) is 30.7 Å². The summed E-state index contributed by atoms with van der Waals surface area (Å²) in [4.78, 5) is 11.9. The Morgan fingerprint density at radius 3 is 2.53 bits per heavy atom. The van der Waals surface area contributed by atoms with Crippen LogP contribution in [0.5, 0.6) is 0 Å². The van der Waals surface area contributed by atoms with Crippen molar-refractivity contribution in [3.8, 4) is 0 Å². The van der Waals surface area contributed by atoms with Gasteiger partial charge < -0.3 is 9.30 Å². The Hall–Kier alpha value is -1.25. The van der Waals surface area contributed by atoms with Gasteiger partial charge in [0.05, 0.1) is 6.61 Å². The van der Waals surface area contributed by atoms with Gasteiger partial charge >= 0.3 is 5.97 Å². The third kappa shape index (κ3) is 3.35. The van der Waals surface area contributed by atoms with Crippen molar-refractivity contribution in [2.24, 2.45) is 5.92 Å². The number of carbonyl (C=O) groups excluding carboxylic acids is 1. The van der Waals surface area contributed by atoms with E-state index in [0.717, 1.165) is 24.9 Å². The molecule has 0 fully saturated rings. The van der Waals surface area contributed by atoms with E-state index in [4.69, 9.17) is 4.74 Å². The third-order valence-electron chi connectivity index (χ3n) is 3.24. The van der Waals surface area contributed by atoms with Crippen LogP contribution in [0.4, 0.5) is 0 Å². The van der Waals surface area contributed by atoms with Gasteiger partial charge in [-0.05, 0) is 31.4 Å². The molecule has 0 saturated carbocycles. The third-order valence-corrected chi connectivity index (χ3v) is 3.24. The van der Waals surface area contributed by atoms with Gasteiger partial charge in [-0.3, -0.25) is 0 Å². The molecule has 0 spiro atoms. The first kappa shape index (κ1) is 13.8. The van der Waals surface area contributed by atoms with E-state index in [9.17, 15) is 4.79 Å². The van der Waals surface area contributed by atoms with E-state index < -0.39 is 0 Å². The van der Waals surface area contributed by atoms with E-state index in [0.29, 0.717) is 18.2 Å². The molecule has 1 rings (SSSR count). The molecule has 0 saturated heterocycles. The zero-order valence-corrected chi connectivity index (χ0v) is 11.3. The quantitative estimate of drug-likeness (QED) is 0.710. The minimum atomic E-state index is -0.207. The molecule has 1 heterocycles. The second-order valence-electron chi connectivity index (χ2n) is 4.40. The molecule has 0 bridgehead atoms. The number of esters is 1. The second-order valence-corrected chi connectivity index (χ2v) is 4.40. The van der Waals surface area contributed by atoms with Gasteiger partial charge in [0.25, 0.3) is 0 Å². The normalized spacial score (nSPS) is 10.9. The largest absolute Gasteiger partial charge is 0.461 e. The van der Waals surface area contributed by atoms with Gasteiger partial charge in [0.1, 0.15) is 5.69 Å². The predicted octanol–water partition coefficient (Wildman–Crippen LogP) is 3.41. The highest BCUT2D eigenvalue weighted by atomic mass is 16.5. The maximum atomic E-state index is 11.9. The van der Waals surface area contributed by atoms with Crippen molar-refractivity contribution in [1.82, 2.24) is 4.57 Å². The SMILES string of the molecule is CCOC(=O)c1c(C)ccn1CC(CC)CC. The zero-order valence-electron chi connectivity index (χ0n) is 11.3. The van der Waals surface area contributed by atoms with Crippen LogP contribution in [-0.2, 0) is 11.3 Å². The molecule has 0 N–H and O–H groups in total. The van der Waals surface area contributed by atoms with Crippen molar-refractivity contribution in [3.63, 3.8) is 0 Å². The van der Waals surface area contributed by atoms with Crippen LogP contribution in [0.2, 0.25) is 0 Å². The first-order chi connectivity index (χ1) is 8.13. The number of aromatic nitrogens is 1. The lowest BCUT2D eigenvalue weighted by Gasteiger charge is -2.16. The highest BCUT2D eigenvalue weighted by molar-refractivity contribution is 5.89. The van der Waals surface area contributed by atoms with Crippen LogP contribution in [0.15, 0.2) is 12.3 Å². The molecule has 0 amide bonds. The molecule has 17 heavy (non-hydrogen) atoms. The van der Waals surface area contributed by atoms with Crippen molar-refractivity contribution >= 4 is 5.97 Å². The summed E-state index contributed by atoms with van der Waals surface area (Å²) in [5, 5.41) is 0. The Bertz CT molecular complexity index is 364. The lowest BCUT2D eigenvalue weighted by Crippen LogP contribution is -2.16. The second kappa shape index (κ2) is 6.48. The van der Waals surface area contributed by atoms with E-state index in [1.165, 1.54) is 0 Å². The first-order valence-electron chi connectivity index (χ1n) is 6.46. The fraction of sp³-hybridized carbons (Fsp3) is 0.643. The topological polar surface area (TPSA) is 31.2 Å². The molecular formula is C14H23NO2. The minimum Gasteiger partial charge on any atom is -0.461 e. The summed E-state index contributed by atoms with van der Waals surface area (Å²) in [6, 6.07) is 1.98. The van der Waals surface area contributed by atoms with Crippen molar-refractivity contribution in [2.75, 3.05) is 6.61 Å². The van der Waals surface area contributed by atoms with Crippen LogP contribution >= 0.6 is 0 Å². The molecule has 0 unspecified atom stereocenters. The van der Waals surface area contributed by atoms with Gasteiger partial charge in [0.15, 0.2) is 0 Å². The van der Waals surface area contributed by atoms with Crippen molar-refractivity contribution in [2.45, 2.75) is 47.1 Å². The van der Waals surface area contributed by atoms with E-state index in [1.54, 1.807) is 0 Å². The Kier molecular flexibility index (Phi) is 5.26. The van der Waals surface area contributed by atoms with Crippen LogP contribution in [-0.4, -0.2) is 17.1 Å². The number of carbonyl (C=O) groups is 1. The van der Waals surface area contributed by atoms with Crippen LogP contribution < -0.4 is 0 Å². The van der Waals surface area contributed by atoms with Crippen LogP contribution in [0.25, 0.3) is 0 Å². The number of rotatable bonds is 6. The molecule has 0 aliphatic rings. The lowest BCUT2D eigenvalue weighted by atomic mass is 10.0. The van der Waals surface area contributed by atoms with Gasteiger partial charge in [-0.25, -0.2) is 4.79 Å². The standard InChI is InChI=1S/C14H23NO2/c1-5-12(6-2)10-15-9-8-11(4)13(15)14(16)17-7-3/h8-9,12H,5-7,10H2,1-4H3. The molecule has 1 aromatic rings. The molecule has 0 aromatic carbocycles. The summed E-state index contributed by atoms with van der Waals surface area (Å²) in [5.41, 5.74) is 1.70. The Balaban J connectivity index is 2.89. The van der Waals surface area contributed by atoms with Crippen molar-refractivity contribution in [3.05, 3.63) is 23.5 Å². The fourth-order valence-electron chi connectivity index (χ4n) is 2.04. The molecular weight excluding hydrogens is 214 g/mol. The maximum Gasteiger partial charge on any atom is 0.355 e. The number of hydrogen-bond donors (Lipinski definition) is 0. The van der Waals surface area contributed by atoms with Gasteiger partial charge in [-0.2, -0.15) is 0 Å². The van der Waals surface area contributed by atoms with Gasteiger partial charge in [-0.15, -0.1) is 0 Å². The number of ether oxygens (including phenoxy) is 1. The Morgan fingerprint density at radius 2 is 2.00 bits per heavy atom. The molecule has 3 heteroatoms. The summed E-state index contributed by atoms with van der Waals surface area (Å²) in [6.07, 6.45) is 4.26. The van der Waals surface area contributed by atoms with Gasteiger partial charge in [0, 0.05) is 12.7 Å². The maximum absolute atomic E-state index is 11.9. The summed E-state index contributed by atoms with van der Waals surface area (Å²) in [7, 11) is 0.